The van der Waals surface area contributed by atoms with Crippen molar-refractivity contribution < 1.29 is 13.2 Å². The van der Waals surface area contributed by atoms with E-state index < -0.39 is 10.0 Å². The second-order valence-electron chi connectivity index (χ2n) is 5.02. The summed E-state index contributed by atoms with van der Waals surface area (Å²) in [5.41, 5.74) is 0.245. The lowest BCUT2D eigenvalue weighted by Crippen LogP contribution is -2.32. The van der Waals surface area contributed by atoms with Gasteiger partial charge in [0, 0.05) is 18.7 Å². The zero-order chi connectivity index (χ0) is 15.6. The van der Waals surface area contributed by atoms with Crippen LogP contribution in [0.5, 0.6) is 0 Å². The van der Waals surface area contributed by atoms with Crippen LogP contribution >= 0.6 is 27.5 Å². The van der Waals surface area contributed by atoms with Gasteiger partial charge in [0.1, 0.15) is 0 Å². The Hall–Kier alpha value is -0.630. The molecule has 0 aromatic heterocycles. The standard InChI is InChI=1S/C13H16BrClN2O3S/c14-12-10(15)7-9(8-11(12)21(16,19)20)13(18)17-5-3-1-2-4-6-17/h7-8H,1-6H2,(H2,16,19,20). The molecule has 0 radical (unpaired) electrons. The van der Waals surface area contributed by atoms with Crippen molar-refractivity contribution in [1.29, 1.82) is 0 Å². The summed E-state index contributed by atoms with van der Waals surface area (Å²) < 4.78 is 23.3. The SMILES string of the molecule is NS(=O)(=O)c1cc(C(=O)N2CCCCCC2)cc(Cl)c1Br. The van der Waals surface area contributed by atoms with E-state index in [1.807, 2.05) is 0 Å². The topological polar surface area (TPSA) is 80.5 Å². The van der Waals surface area contributed by atoms with E-state index in [0.29, 0.717) is 13.1 Å². The van der Waals surface area contributed by atoms with Gasteiger partial charge in [0.2, 0.25) is 10.0 Å². The molecule has 1 heterocycles. The molecule has 1 aliphatic rings. The van der Waals surface area contributed by atoms with Gasteiger partial charge in [-0.05, 0) is 40.9 Å². The van der Waals surface area contributed by atoms with Gasteiger partial charge >= 0.3 is 0 Å². The van der Waals surface area contributed by atoms with Crippen molar-refractivity contribution in [2.75, 3.05) is 13.1 Å². The lowest BCUT2D eigenvalue weighted by Gasteiger charge is -2.21. The number of hydrogen-bond donors (Lipinski definition) is 1. The number of likely N-dealkylation sites (tertiary alicyclic amines) is 1. The maximum absolute atomic E-state index is 12.5. The van der Waals surface area contributed by atoms with E-state index in [4.69, 9.17) is 16.7 Å². The number of amides is 1. The highest BCUT2D eigenvalue weighted by molar-refractivity contribution is 9.10. The molecule has 2 N–H and O–H groups in total. The van der Waals surface area contributed by atoms with Crippen LogP contribution in [0.15, 0.2) is 21.5 Å². The van der Waals surface area contributed by atoms with Crippen LogP contribution in [0.2, 0.25) is 5.02 Å². The van der Waals surface area contributed by atoms with Crippen molar-refractivity contribution in [2.45, 2.75) is 30.6 Å². The predicted molar refractivity (Wildman–Crippen MR) is 84.9 cm³/mol. The zero-order valence-corrected chi connectivity index (χ0v) is 14.5. The highest BCUT2D eigenvalue weighted by Gasteiger charge is 2.22. The molecule has 1 saturated heterocycles. The summed E-state index contributed by atoms with van der Waals surface area (Å²) in [5.74, 6) is -0.212. The Morgan fingerprint density at radius 3 is 2.29 bits per heavy atom. The van der Waals surface area contributed by atoms with Gasteiger partial charge in [0.15, 0.2) is 0 Å². The van der Waals surface area contributed by atoms with Crippen molar-refractivity contribution in [3.63, 3.8) is 0 Å². The Kier molecular flexibility index (Phi) is 5.29. The molecule has 0 saturated carbocycles. The van der Waals surface area contributed by atoms with E-state index >= 15 is 0 Å². The summed E-state index contributed by atoms with van der Waals surface area (Å²) >= 11 is 9.09. The van der Waals surface area contributed by atoms with Gasteiger partial charge in [-0.3, -0.25) is 4.79 Å². The normalized spacial score (nSPS) is 16.6. The Labute approximate surface area is 137 Å². The summed E-state index contributed by atoms with van der Waals surface area (Å²) in [5, 5.41) is 5.31. The van der Waals surface area contributed by atoms with Crippen molar-refractivity contribution in [3.05, 3.63) is 27.2 Å². The van der Waals surface area contributed by atoms with Crippen LogP contribution in [0.3, 0.4) is 0 Å². The van der Waals surface area contributed by atoms with E-state index in [9.17, 15) is 13.2 Å². The fourth-order valence-electron chi connectivity index (χ4n) is 2.35. The van der Waals surface area contributed by atoms with Gasteiger partial charge in [0.05, 0.1) is 14.4 Å². The van der Waals surface area contributed by atoms with Crippen LogP contribution in [0, 0.1) is 0 Å². The van der Waals surface area contributed by atoms with Gasteiger partial charge in [-0.25, -0.2) is 13.6 Å². The molecular weight excluding hydrogens is 380 g/mol. The summed E-state index contributed by atoms with van der Waals surface area (Å²) in [7, 11) is -3.95. The fraction of sp³-hybridized carbons (Fsp3) is 0.462. The number of rotatable bonds is 2. The third kappa shape index (κ3) is 3.97. The number of nitrogens with zero attached hydrogens (tertiary/aromatic N) is 1. The first kappa shape index (κ1) is 16.7. The molecule has 0 atom stereocenters. The third-order valence-electron chi connectivity index (χ3n) is 3.44. The monoisotopic (exact) mass is 394 g/mol. The molecule has 1 fully saturated rings. The number of carbonyl (C=O) groups excluding carboxylic acids is 1. The molecule has 5 nitrogen and oxygen atoms in total. The molecule has 0 spiro atoms. The van der Waals surface area contributed by atoms with Crippen LogP contribution in [-0.2, 0) is 10.0 Å². The van der Waals surface area contributed by atoms with Crippen LogP contribution in [-0.4, -0.2) is 32.3 Å². The fourth-order valence-corrected chi connectivity index (χ4v) is 4.18. The first-order valence-electron chi connectivity index (χ1n) is 6.62. The summed E-state index contributed by atoms with van der Waals surface area (Å²) in [6, 6.07) is 2.74. The van der Waals surface area contributed by atoms with Gasteiger partial charge in [0.25, 0.3) is 5.91 Å². The number of halogens is 2. The van der Waals surface area contributed by atoms with Gasteiger partial charge < -0.3 is 4.90 Å². The van der Waals surface area contributed by atoms with E-state index in [1.165, 1.54) is 12.1 Å². The van der Waals surface area contributed by atoms with Crippen molar-refractivity contribution in [2.24, 2.45) is 5.14 Å². The molecule has 1 aromatic carbocycles. The molecule has 0 bridgehead atoms. The average molecular weight is 396 g/mol. The summed E-state index contributed by atoms with van der Waals surface area (Å²) in [6.07, 6.45) is 4.12. The van der Waals surface area contributed by atoms with E-state index in [-0.39, 0.29) is 25.9 Å². The van der Waals surface area contributed by atoms with Gasteiger partial charge in [-0.2, -0.15) is 0 Å². The molecule has 21 heavy (non-hydrogen) atoms. The second kappa shape index (κ2) is 6.64. The molecule has 1 aliphatic heterocycles. The Bertz CT molecular complexity index is 656. The molecule has 1 aromatic rings. The summed E-state index contributed by atoms with van der Waals surface area (Å²) in [4.78, 5) is 14.1. The first-order valence-corrected chi connectivity index (χ1v) is 9.33. The Morgan fingerprint density at radius 1 is 1.19 bits per heavy atom. The number of nitrogens with two attached hydrogens (primary N) is 1. The minimum atomic E-state index is -3.95. The second-order valence-corrected chi connectivity index (χ2v) is 7.75. The Balaban J connectivity index is 2.39. The highest BCUT2D eigenvalue weighted by Crippen LogP contribution is 2.31. The molecule has 0 unspecified atom stereocenters. The number of benzene rings is 1. The molecule has 1 amide bonds. The number of primary sulfonamides is 1. The largest absolute Gasteiger partial charge is 0.339 e. The minimum Gasteiger partial charge on any atom is -0.339 e. The van der Waals surface area contributed by atoms with Crippen molar-refractivity contribution >= 4 is 43.5 Å². The van der Waals surface area contributed by atoms with Crippen molar-refractivity contribution in [1.82, 2.24) is 4.90 Å². The van der Waals surface area contributed by atoms with Crippen LogP contribution in [0.1, 0.15) is 36.0 Å². The van der Waals surface area contributed by atoms with E-state index in [2.05, 4.69) is 15.9 Å². The Morgan fingerprint density at radius 2 is 1.76 bits per heavy atom. The first-order chi connectivity index (χ1) is 9.80. The number of sulfonamides is 1. The smallest absolute Gasteiger partial charge is 0.253 e. The highest BCUT2D eigenvalue weighted by atomic mass is 79.9. The van der Waals surface area contributed by atoms with Crippen LogP contribution in [0.4, 0.5) is 0 Å². The van der Waals surface area contributed by atoms with Gasteiger partial charge in [-0.15, -0.1) is 0 Å². The third-order valence-corrected chi connectivity index (χ3v) is 6.02. The molecule has 8 heteroatoms. The average Bonchev–Trinajstić information content (AvgIpc) is 2.68. The molecule has 0 aliphatic carbocycles. The van der Waals surface area contributed by atoms with Crippen molar-refractivity contribution in [3.8, 4) is 0 Å². The van der Waals surface area contributed by atoms with Crippen LogP contribution in [0.25, 0.3) is 0 Å². The van der Waals surface area contributed by atoms with Crippen LogP contribution < -0.4 is 5.14 Å². The molecule has 2 rings (SSSR count). The lowest BCUT2D eigenvalue weighted by molar-refractivity contribution is 0.0761. The van der Waals surface area contributed by atoms with Gasteiger partial charge in [-0.1, -0.05) is 24.4 Å². The predicted octanol–water partition coefficient (Wildman–Crippen LogP) is 2.77. The number of carbonyl (C=O) groups is 1. The summed E-state index contributed by atoms with van der Waals surface area (Å²) in [6.45, 7) is 1.36. The van der Waals surface area contributed by atoms with E-state index in [1.54, 1.807) is 4.90 Å². The maximum Gasteiger partial charge on any atom is 0.253 e. The quantitative estimate of drug-likeness (QED) is 0.836. The minimum absolute atomic E-state index is 0.152. The molecule has 116 valence electrons. The zero-order valence-electron chi connectivity index (χ0n) is 11.3. The lowest BCUT2D eigenvalue weighted by atomic mass is 10.2. The van der Waals surface area contributed by atoms with E-state index in [0.717, 1.165) is 25.7 Å². The molecular formula is C13H16BrClN2O3S. The number of hydrogen-bond acceptors (Lipinski definition) is 3. The maximum atomic E-state index is 12.5.